The number of hydrogen-bond donors (Lipinski definition) is 4. The first kappa shape index (κ1) is 120. The Labute approximate surface area is 764 Å². The fourth-order valence-corrected chi connectivity index (χ4v) is 15.4. The van der Waals surface area contributed by atoms with Crippen molar-refractivity contribution in [3.8, 4) is 0 Å². The van der Waals surface area contributed by atoms with Crippen LogP contribution in [0.2, 0.25) is 0 Å². The summed E-state index contributed by atoms with van der Waals surface area (Å²) in [6.45, 7) is 2.48. The van der Waals surface area contributed by atoms with Crippen LogP contribution in [0.25, 0.3) is 0 Å². The molecule has 0 bridgehead atoms. The van der Waals surface area contributed by atoms with Crippen molar-refractivity contribution in [3.63, 3.8) is 0 Å². The van der Waals surface area contributed by atoms with Gasteiger partial charge in [0.2, 0.25) is 0 Å². The Morgan fingerprint density at radius 1 is 0.232 bits per heavy atom. The Morgan fingerprint density at radius 3 is 0.672 bits per heavy atom. The third kappa shape index (κ3) is 99.3. The number of aliphatic hydroxyl groups is 2. The molecule has 125 heavy (non-hydrogen) atoms. The molecule has 718 valence electrons. The summed E-state index contributed by atoms with van der Waals surface area (Å²) in [5, 5.41) is 20.8. The maximum atomic E-state index is 13.1. The van der Waals surface area contributed by atoms with Gasteiger partial charge in [-0.25, -0.2) is 9.13 Å². The van der Waals surface area contributed by atoms with Gasteiger partial charge in [0.15, 0.2) is 6.10 Å². The zero-order valence-electron chi connectivity index (χ0n) is 79.5. The standard InChI is InChI=1S/C107H184O16P2/c1-4-7-10-13-16-19-22-25-28-31-34-37-40-42-44-46-48-50-52-54-56-58-61-63-66-69-72-75-78-81-84-87-90-93-105(110)117-96-102(108)97-119-124(113,114)120-98-103(109)99-121-125(115,116)122-101-104(123-107(112)95-92-89-86-83-80-77-74-71-68-65-60-39-36-33-30-27-24-21-18-15-12-9-6-3)100-118-106(111)94-91-88-85-82-79-76-73-70-67-64-62-59-57-55-53-51-49-47-45-43-41-38-35-32-29-26-23-20-17-14-11-8-5-2/h7,9-10,12,16-21,25-30,34-39,42-45,65,68,102-104,108-109H,4-6,8,11,13-15,22-24,31-33,40-41,46-64,66-67,69-101H2,1-3H3,(H,113,114)(H,115,116)/b10-7-,12-9-,19-16-,20-17-,21-18-,28-25-,29-26-,30-27-,37-34-,38-35-,39-36-,44-42-,45-43-,68-65-. The molecule has 0 saturated heterocycles. The third-order valence-electron chi connectivity index (χ3n) is 21.4. The Hall–Kier alpha value is -5.09. The first-order valence-corrected chi connectivity index (χ1v) is 53.4. The van der Waals surface area contributed by atoms with Crippen molar-refractivity contribution in [2.75, 3.05) is 39.6 Å². The molecule has 16 nitrogen and oxygen atoms in total. The number of hydrogen-bond acceptors (Lipinski definition) is 14. The van der Waals surface area contributed by atoms with Crippen LogP contribution in [0.4, 0.5) is 0 Å². The zero-order valence-corrected chi connectivity index (χ0v) is 81.3. The van der Waals surface area contributed by atoms with E-state index >= 15 is 0 Å². The summed E-state index contributed by atoms with van der Waals surface area (Å²) in [5.74, 6) is -1.57. The number of unbranched alkanes of at least 4 members (excludes halogenated alkanes) is 44. The molecule has 0 radical (unpaired) electrons. The average Bonchev–Trinajstić information content (AvgIpc) is 0.904. The minimum atomic E-state index is -4.95. The molecule has 0 aliphatic carbocycles. The van der Waals surface area contributed by atoms with Gasteiger partial charge in [-0.15, -0.1) is 0 Å². The van der Waals surface area contributed by atoms with Crippen LogP contribution in [0.1, 0.15) is 432 Å². The lowest BCUT2D eigenvalue weighted by Crippen LogP contribution is -2.30. The van der Waals surface area contributed by atoms with E-state index in [1.54, 1.807) is 0 Å². The van der Waals surface area contributed by atoms with Crippen molar-refractivity contribution >= 4 is 33.6 Å². The van der Waals surface area contributed by atoms with Gasteiger partial charge in [-0.05, 0) is 154 Å². The van der Waals surface area contributed by atoms with Crippen LogP contribution in [0, 0.1) is 0 Å². The van der Waals surface area contributed by atoms with Crippen molar-refractivity contribution in [2.24, 2.45) is 0 Å². The Morgan fingerprint density at radius 2 is 0.424 bits per heavy atom. The molecule has 0 heterocycles. The van der Waals surface area contributed by atoms with Crippen molar-refractivity contribution in [3.05, 3.63) is 170 Å². The summed E-state index contributed by atoms with van der Waals surface area (Å²) in [5.41, 5.74) is 0. The van der Waals surface area contributed by atoms with Gasteiger partial charge in [0.25, 0.3) is 0 Å². The Balaban J connectivity index is 4.57. The molecule has 0 fully saturated rings. The normalized spacial score (nSPS) is 14.4. The zero-order chi connectivity index (χ0) is 90.7. The molecule has 5 unspecified atom stereocenters. The summed E-state index contributed by atoms with van der Waals surface area (Å²) in [6.07, 6.45) is 128. The topological polar surface area (TPSA) is 231 Å². The van der Waals surface area contributed by atoms with Crippen LogP contribution in [0.3, 0.4) is 0 Å². The second-order valence-corrected chi connectivity index (χ2v) is 36.4. The minimum absolute atomic E-state index is 0.0891. The van der Waals surface area contributed by atoms with Gasteiger partial charge in [0.05, 0.1) is 26.4 Å². The fraction of sp³-hybridized carbons (Fsp3) is 0.710. The largest absolute Gasteiger partial charge is 0.472 e. The fourth-order valence-electron chi connectivity index (χ4n) is 13.8. The molecule has 0 rings (SSSR count). The lowest BCUT2D eigenvalue weighted by Gasteiger charge is -2.21. The highest BCUT2D eigenvalue weighted by atomic mass is 31.2. The van der Waals surface area contributed by atoms with Gasteiger partial charge in [-0.1, -0.05) is 428 Å². The predicted molar refractivity (Wildman–Crippen MR) is 528 cm³/mol. The smallest absolute Gasteiger partial charge is 0.463 e. The average molecular weight is 1790 g/mol. The van der Waals surface area contributed by atoms with Gasteiger partial charge in [-0.2, -0.15) is 0 Å². The molecular formula is C107H184O16P2. The molecule has 4 N–H and O–H groups in total. The second kappa shape index (κ2) is 98.0. The third-order valence-corrected chi connectivity index (χ3v) is 23.3. The number of phosphoric ester groups is 2. The number of carbonyl (C=O) groups is 3. The number of carbonyl (C=O) groups excluding carboxylic acids is 3. The molecule has 0 aliphatic rings. The van der Waals surface area contributed by atoms with Gasteiger partial charge in [0, 0.05) is 19.3 Å². The highest BCUT2D eigenvalue weighted by molar-refractivity contribution is 7.47. The van der Waals surface area contributed by atoms with E-state index in [2.05, 4.69) is 191 Å². The van der Waals surface area contributed by atoms with Crippen LogP contribution in [0.5, 0.6) is 0 Å². The molecule has 0 aromatic rings. The predicted octanol–water partition coefficient (Wildman–Crippen LogP) is 31.8. The van der Waals surface area contributed by atoms with E-state index in [4.69, 9.17) is 32.3 Å². The molecule has 0 aliphatic heterocycles. The Bertz CT molecular complexity index is 2950. The van der Waals surface area contributed by atoms with Gasteiger partial charge >= 0.3 is 33.6 Å². The van der Waals surface area contributed by atoms with Crippen LogP contribution < -0.4 is 0 Å². The number of esters is 3. The number of ether oxygens (including phenoxy) is 3. The van der Waals surface area contributed by atoms with Gasteiger partial charge in [-0.3, -0.25) is 32.5 Å². The highest BCUT2D eigenvalue weighted by Gasteiger charge is 2.30. The van der Waals surface area contributed by atoms with E-state index in [1.165, 1.54) is 205 Å². The summed E-state index contributed by atoms with van der Waals surface area (Å²) >= 11 is 0. The van der Waals surface area contributed by atoms with Gasteiger partial charge in [0.1, 0.15) is 25.4 Å². The van der Waals surface area contributed by atoms with Crippen LogP contribution in [-0.4, -0.2) is 95.9 Å². The van der Waals surface area contributed by atoms with Crippen molar-refractivity contribution in [1.82, 2.24) is 0 Å². The van der Waals surface area contributed by atoms with Crippen molar-refractivity contribution < 1.29 is 75.8 Å². The molecule has 0 amide bonds. The molecule has 0 aromatic carbocycles. The molecule has 18 heteroatoms. The maximum absolute atomic E-state index is 13.1. The van der Waals surface area contributed by atoms with Crippen LogP contribution in [0.15, 0.2) is 170 Å². The summed E-state index contributed by atoms with van der Waals surface area (Å²) in [4.78, 5) is 59.2. The molecule has 0 aromatic heterocycles. The number of aliphatic hydroxyl groups excluding tert-OH is 2. The van der Waals surface area contributed by atoms with E-state index in [9.17, 15) is 43.5 Å². The van der Waals surface area contributed by atoms with Crippen molar-refractivity contribution in [2.45, 2.75) is 450 Å². The van der Waals surface area contributed by atoms with E-state index in [0.717, 1.165) is 167 Å². The number of allylic oxidation sites excluding steroid dienone is 28. The Kier molecular flexibility index (Phi) is 94.0. The lowest BCUT2D eigenvalue weighted by molar-refractivity contribution is -0.161. The summed E-state index contributed by atoms with van der Waals surface area (Å²) in [6, 6.07) is 0. The molecule has 0 spiro atoms. The minimum Gasteiger partial charge on any atom is -0.463 e. The van der Waals surface area contributed by atoms with E-state index in [1.807, 2.05) is 0 Å². The van der Waals surface area contributed by atoms with E-state index in [0.29, 0.717) is 19.3 Å². The summed E-state index contributed by atoms with van der Waals surface area (Å²) in [7, 11) is -9.82. The molecule has 0 saturated carbocycles. The quantitative estimate of drug-likeness (QED) is 0.0146. The summed E-state index contributed by atoms with van der Waals surface area (Å²) < 4.78 is 61.6. The number of rotatable bonds is 95. The highest BCUT2D eigenvalue weighted by Crippen LogP contribution is 2.45. The van der Waals surface area contributed by atoms with E-state index in [-0.39, 0.29) is 19.3 Å². The lowest BCUT2D eigenvalue weighted by atomic mass is 10.0. The van der Waals surface area contributed by atoms with E-state index < -0.39 is 91.5 Å². The number of phosphoric acid groups is 2. The first-order chi connectivity index (χ1) is 61.2. The first-order valence-electron chi connectivity index (χ1n) is 50.4. The monoisotopic (exact) mass is 1790 g/mol. The van der Waals surface area contributed by atoms with Crippen LogP contribution >= 0.6 is 15.6 Å². The second-order valence-electron chi connectivity index (χ2n) is 33.5. The molecular weight excluding hydrogens is 1600 g/mol. The SMILES string of the molecule is CC/C=C\C/C=C\C/C=C\C/C=C\C/C=C\CCCCCCCCCCCCCCCCCCCC(=O)OCC(O)COP(=O)(O)OCC(O)COP(=O)(O)OCC(COC(=O)CCCCCCCCCCCCCCCCCCC/C=C\C/C=C\C/C=C\C/C=C\CCCCC)OC(=O)CCCCCCCCC/C=C\C/C=C\C/C=C\C/C=C\C/C=C\CC. The van der Waals surface area contributed by atoms with Crippen LogP contribution in [-0.2, 0) is 55.8 Å². The molecule has 5 atom stereocenters. The van der Waals surface area contributed by atoms with Crippen molar-refractivity contribution in [1.29, 1.82) is 0 Å². The maximum Gasteiger partial charge on any atom is 0.472 e. The van der Waals surface area contributed by atoms with Gasteiger partial charge < -0.3 is 34.2 Å².